The Morgan fingerprint density at radius 2 is 1.90 bits per heavy atom. The van der Waals surface area contributed by atoms with Gasteiger partial charge in [-0.3, -0.25) is 9.88 Å². The summed E-state index contributed by atoms with van der Waals surface area (Å²) in [6.45, 7) is 9.95. The van der Waals surface area contributed by atoms with Crippen molar-refractivity contribution in [3.63, 3.8) is 0 Å². The number of aromatic nitrogens is 1. The maximum absolute atomic E-state index is 6.01. The summed E-state index contributed by atoms with van der Waals surface area (Å²) in [4.78, 5) is 6.91. The molecule has 114 valence electrons. The molecule has 2 N–H and O–H groups in total. The van der Waals surface area contributed by atoms with Crippen LogP contribution < -0.4 is 10.5 Å². The Hall–Kier alpha value is -1.13. The van der Waals surface area contributed by atoms with Crippen LogP contribution in [-0.4, -0.2) is 36.1 Å². The van der Waals surface area contributed by atoms with Crippen LogP contribution in [0, 0.1) is 13.8 Å². The van der Waals surface area contributed by atoms with Crippen molar-refractivity contribution >= 4 is 0 Å². The van der Waals surface area contributed by atoms with E-state index in [2.05, 4.69) is 37.7 Å². The van der Waals surface area contributed by atoms with Gasteiger partial charge in [-0.2, -0.15) is 0 Å². The fourth-order valence-corrected chi connectivity index (χ4v) is 2.86. The standard InChI is InChI=1S/C16H29N3O/c1-7-16(8-2,11-17)19(5)10-14-13(4)15(20-6)12(3)9-18-14/h9H,7-8,10-11,17H2,1-6H3. The zero-order chi connectivity index (χ0) is 15.3. The lowest BCUT2D eigenvalue weighted by atomic mass is 9.90. The second kappa shape index (κ2) is 7.04. The van der Waals surface area contributed by atoms with E-state index in [4.69, 9.17) is 10.5 Å². The third-order valence-corrected chi connectivity index (χ3v) is 4.64. The highest BCUT2D eigenvalue weighted by atomic mass is 16.5. The summed E-state index contributed by atoms with van der Waals surface area (Å²) in [5.41, 5.74) is 9.33. The van der Waals surface area contributed by atoms with Crippen molar-refractivity contribution in [2.24, 2.45) is 5.73 Å². The zero-order valence-corrected chi connectivity index (χ0v) is 13.8. The lowest BCUT2D eigenvalue weighted by Gasteiger charge is -2.40. The molecular weight excluding hydrogens is 250 g/mol. The van der Waals surface area contributed by atoms with E-state index in [0.29, 0.717) is 6.54 Å². The van der Waals surface area contributed by atoms with Crippen molar-refractivity contribution in [1.29, 1.82) is 0 Å². The molecule has 1 aromatic rings. The average molecular weight is 279 g/mol. The predicted molar refractivity (Wildman–Crippen MR) is 84.1 cm³/mol. The number of ether oxygens (including phenoxy) is 1. The molecule has 0 spiro atoms. The van der Waals surface area contributed by atoms with Crippen LogP contribution in [0.15, 0.2) is 6.20 Å². The number of rotatable bonds is 7. The molecule has 0 bridgehead atoms. The summed E-state index contributed by atoms with van der Waals surface area (Å²) < 4.78 is 5.48. The smallest absolute Gasteiger partial charge is 0.128 e. The van der Waals surface area contributed by atoms with Crippen LogP contribution in [0.25, 0.3) is 0 Å². The summed E-state index contributed by atoms with van der Waals surface area (Å²) in [5.74, 6) is 0.940. The second-order valence-corrected chi connectivity index (χ2v) is 5.54. The maximum Gasteiger partial charge on any atom is 0.128 e. The van der Waals surface area contributed by atoms with Gasteiger partial charge in [0.2, 0.25) is 0 Å². The number of hydrogen-bond donors (Lipinski definition) is 1. The Balaban J connectivity index is 3.04. The van der Waals surface area contributed by atoms with Gasteiger partial charge in [0.15, 0.2) is 0 Å². The minimum atomic E-state index is 0.0479. The van der Waals surface area contributed by atoms with E-state index in [1.807, 2.05) is 13.1 Å². The van der Waals surface area contributed by atoms with Crippen molar-refractivity contribution in [3.05, 3.63) is 23.0 Å². The number of likely N-dealkylation sites (N-methyl/N-ethyl adjacent to an activating group) is 1. The highest BCUT2D eigenvalue weighted by Crippen LogP contribution is 2.28. The van der Waals surface area contributed by atoms with E-state index < -0.39 is 0 Å². The van der Waals surface area contributed by atoms with Crippen LogP contribution in [0.5, 0.6) is 5.75 Å². The molecule has 20 heavy (non-hydrogen) atoms. The summed E-state index contributed by atoms with van der Waals surface area (Å²) >= 11 is 0. The Morgan fingerprint density at radius 1 is 1.30 bits per heavy atom. The molecule has 0 aliphatic heterocycles. The van der Waals surface area contributed by atoms with Gasteiger partial charge < -0.3 is 10.5 Å². The predicted octanol–water partition coefficient (Wildman–Crippen LogP) is 2.66. The summed E-state index contributed by atoms with van der Waals surface area (Å²) in [7, 11) is 3.85. The maximum atomic E-state index is 6.01. The van der Waals surface area contributed by atoms with Crippen LogP contribution in [0.1, 0.15) is 43.5 Å². The van der Waals surface area contributed by atoms with E-state index in [1.54, 1.807) is 7.11 Å². The molecule has 4 heteroatoms. The molecule has 0 saturated heterocycles. The van der Waals surface area contributed by atoms with E-state index in [0.717, 1.165) is 42.0 Å². The molecule has 0 fully saturated rings. The first-order valence-electron chi connectivity index (χ1n) is 7.36. The summed E-state index contributed by atoms with van der Waals surface area (Å²) in [5, 5.41) is 0. The van der Waals surface area contributed by atoms with Gasteiger partial charge in [0, 0.05) is 36.0 Å². The fourth-order valence-electron chi connectivity index (χ4n) is 2.86. The molecule has 1 rings (SSSR count). The summed E-state index contributed by atoms with van der Waals surface area (Å²) in [6.07, 6.45) is 3.97. The van der Waals surface area contributed by atoms with Crippen LogP contribution in [0.4, 0.5) is 0 Å². The topological polar surface area (TPSA) is 51.4 Å². The van der Waals surface area contributed by atoms with E-state index in [1.165, 1.54) is 0 Å². The van der Waals surface area contributed by atoms with E-state index in [-0.39, 0.29) is 5.54 Å². The van der Waals surface area contributed by atoms with Crippen LogP contribution >= 0.6 is 0 Å². The lowest BCUT2D eigenvalue weighted by molar-refractivity contribution is 0.106. The Bertz CT molecular complexity index is 433. The summed E-state index contributed by atoms with van der Waals surface area (Å²) in [6, 6.07) is 0. The minimum absolute atomic E-state index is 0.0479. The monoisotopic (exact) mass is 279 g/mol. The number of aryl methyl sites for hydroxylation is 1. The molecule has 0 amide bonds. The molecule has 0 aliphatic rings. The minimum Gasteiger partial charge on any atom is -0.496 e. The quantitative estimate of drug-likeness (QED) is 0.833. The molecule has 0 atom stereocenters. The van der Waals surface area contributed by atoms with Gasteiger partial charge in [-0.05, 0) is 33.7 Å². The highest BCUT2D eigenvalue weighted by Gasteiger charge is 2.30. The van der Waals surface area contributed by atoms with Crippen molar-refractivity contribution in [2.75, 3.05) is 20.7 Å². The molecule has 0 unspecified atom stereocenters. The second-order valence-electron chi connectivity index (χ2n) is 5.54. The molecule has 1 heterocycles. The van der Waals surface area contributed by atoms with E-state index in [9.17, 15) is 0 Å². The lowest BCUT2D eigenvalue weighted by Crippen LogP contribution is -2.51. The fraction of sp³-hybridized carbons (Fsp3) is 0.688. The third-order valence-electron chi connectivity index (χ3n) is 4.64. The SMILES string of the molecule is CCC(CC)(CN)N(C)Cc1ncc(C)c(OC)c1C. The van der Waals surface area contributed by atoms with Crippen molar-refractivity contribution in [3.8, 4) is 5.75 Å². The molecule has 0 aliphatic carbocycles. The Morgan fingerprint density at radius 3 is 2.35 bits per heavy atom. The van der Waals surface area contributed by atoms with Gasteiger partial charge in [0.25, 0.3) is 0 Å². The first kappa shape index (κ1) is 16.9. The molecule has 1 aromatic heterocycles. The first-order valence-corrected chi connectivity index (χ1v) is 7.36. The normalized spacial score (nSPS) is 12.0. The number of methoxy groups -OCH3 is 1. The van der Waals surface area contributed by atoms with Crippen LogP contribution in [0.3, 0.4) is 0 Å². The largest absolute Gasteiger partial charge is 0.496 e. The number of pyridine rings is 1. The highest BCUT2D eigenvalue weighted by molar-refractivity contribution is 5.41. The van der Waals surface area contributed by atoms with Crippen LogP contribution in [0.2, 0.25) is 0 Å². The molecule has 0 radical (unpaired) electrons. The van der Waals surface area contributed by atoms with Gasteiger partial charge in [-0.25, -0.2) is 0 Å². The van der Waals surface area contributed by atoms with Gasteiger partial charge in [-0.1, -0.05) is 13.8 Å². The Kier molecular flexibility index (Phi) is 5.96. The van der Waals surface area contributed by atoms with Crippen molar-refractivity contribution < 1.29 is 4.74 Å². The first-order chi connectivity index (χ1) is 9.45. The molecule has 4 nitrogen and oxygen atoms in total. The third kappa shape index (κ3) is 3.13. The van der Waals surface area contributed by atoms with E-state index >= 15 is 0 Å². The number of hydrogen-bond acceptors (Lipinski definition) is 4. The van der Waals surface area contributed by atoms with Gasteiger partial charge in [0.1, 0.15) is 5.75 Å². The molecule has 0 aromatic carbocycles. The molecule has 0 saturated carbocycles. The zero-order valence-electron chi connectivity index (χ0n) is 13.8. The Labute approximate surface area is 123 Å². The van der Waals surface area contributed by atoms with Crippen LogP contribution in [-0.2, 0) is 6.54 Å². The van der Waals surface area contributed by atoms with Crippen molar-refractivity contribution in [1.82, 2.24) is 9.88 Å². The van der Waals surface area contributed by atoms with Crippen molar-refractivity contribution in [2.45, 2.75) is 52.6 Å². The number of nitrogens with zero attached hydrogens (tertiary/aromatic N) is 2. The van der Waals surface area contributed by atoms with Gasteiger partial charge in [0.05, 0.1) is 12.8 Å². The number of nitrogens with two attached hydrogens (primary N) is 1. The van der Waals surface area contributed by atoms with Gasteiger partial charge in [-0.15, -0.1) is 0 Å². The van der Waals surface area contributed by atoms with Gasteiger partial charge >= 0.3 is 0 Å². The molecular formula is C16H29N3O. The average Bonchev–Trinajstić information content (AvgIpc) is 2.45.